The Bertz CT molecular complexity index is 757. The van der Waals surface area contributed by atoms with E-state index in [1.54, 1.807) is 30.5 Å². The summed E-state index contributed by atoms with van der Waals surface area (Å²) < 4.78 is 15.2. The van der Waals surface area contributed by atoms with E-state index in [4.69, 9.17) is 0 Å². The van der Waals surface area contributed by atoms with E-state index in [1.165, 1.54) is 36.4 Å². The van der Waals surface area contributed by atoms with Crippen molar-refractivity contribution in [3.05, 3.63) is 48.0 Å². The number of nitrogens with zero attached hydrogens (tertiary/aromatic N) is 2. The average molecular weight is 327 g/mol. The van der Waals surface area contributed by atoms with Crippen LogP contribution in [0.4, 0.5) is 4.39 Å². The Morgan fingerprint density at radius 3 is 2.83 bits per heavy atom. The number of para-hydroxylation sites is 1. The highest BCUT2D eigenvalue weighted by molar-refractivity contribution is 5.92. The Labute approximate surface area is 141 Å². The molecule has 4 rings (SSSR count). The monoisotopic (exact) mass is 327 g/mol. The van der Waals surface area contributed by atoms with Gasteiger partial charge in [0.15, 0.2) is 5.69 Å². The van der Waals surface area contributed by atoms with E-state index >= 15 is 0 Å². The number of benzene rings is 1. The number of hydrogen-bond acceptors (Lipinski definition) is 2. The molecule has 126 valence electrons. The van der Waals surface area contributed by atoms with Crippen LogP contribution in [0.25, 0.3) is 5.69 Å². The van der Waals surface area contributed by atoms with Gasteiger partial charge in [0.2, 0.25) is 0 Å². The first kappa shape index (κ1) is 15.4. The van der Waals surface area contributed by atoms with Crippen molar-refractivity contribution in [2.75, 3.05) is 0 Å². The van der Waals surface area contributed by atoms with Crippen molar-refractivity contribution in [3.8, 4) is 5.69 Å². The van der Waals surface area contributed by atoms with Crippen LogP contribution in [0.3, 0.4) is 0 Å². The molecule has 0 radical (unpaired) electrons. The molecule has 2 aliphatic rings. The topological polar surface area (TPSA) is 46.9 Å². The molecule has 5 heteroatoms. The van der Waals surface area contributed by atoms with Crippen molar-refractivity contribution in [2.45, 2.75) is 38.6 Å². The number of amides is 1. The first-order valence-electron chi connectivity index (χ1n) is 8.73. The van der Waals surface area contributed by atoms with Crippen molar-refractivity contribution in [1.82, 2.24) is 15.1 Å². The Morgan fingerprint density at radius 1 is 1.29 bits per heavy atom. The van der Waals surface area contributed by atoms with E-state index in [2.05, 4.69) is 17.3 Å². The molecule has 1 heterocycles. The molecule has 1 aromatic carbocycles. The van der Waals surface area contributed by atoms with Gasteiger partial charge in [-0.25, -0.2) is 9.07 Å². The van der Waals surface area contributed by atoms with Crippen molar-refractivity contribution in [3.63, 3.8) is 0 Å². The number of halogens is 1. The summed E-state index contributed by atoms with van der Waals surface area (Å²) in [6, 6.07) is 8.20. The summed E-state index contributed by atoms with van der Waals surface area (Å²) in [6.07, 6.45) is 6.84. The first-order chi connectivity index (χ1) is 11.6. The maximum absolute atomic E-state index is 13.8. The van der Waals surface area contributed by atoms with Gasteiger partial charge in [0.1, 0.15) is 11.5 Å². The molecule has 2 aliphatic carbocycles. The fourth-order valence-corrected chi connectivity index (χ4v) is 4.51. The van der Waals surface area contributed by atoms with Gasteiger partial charge in [-0.2, -0.15) is 5.10 Å². The second-order valence-electron chi connectivity index (χ2n) is 7.20. The zero-order valence-corrected chi connectivity index (χ0v) is 13.8. The van der Waals surface area contributed by atoms with Crippen LogP contribution in [-0.2, 0) is 0 Å². The molecule has 0 spiro atoms. The van der Waals surface area contributed by atoms with E-state index in [1.807, 2.05) is 0 Å². The Kier molecular flexibility index (Phi) is 3.87. The third kappa shape index (κ3) is 2.72. The Morgan fingerprint density at radius 2 is 2.12 bits per heavy atom. The van der Waals surface area contributed by atoms with Gasteiger partial charge in [0, 0.05) is 12.2 Å². The molecule has 4 atom stereocenters. The standard InChI is InChI=1S/C19H22FN3O/c1-12(15-11-13-6-7-14(15)10-13)21-19(24)17-8-9-23(22-17)18-5-3-2-4-16(18)20/h2-5,8-9,12-15H,6-7,10-11H2,1H3,(H,21,24)/t12-,13-,14-,15-/m0/s1. The van der Waals surface area contributed by atoms with Gasteiger partial charge in [-0.05, 0) is 62.1 Å². The lowest BCUT2D eigenvalue weighted by molar-refractivity contribution is 0.0909. The number of fused-ring (bicyclic) bond motifs is 2. The van der Waals surface area contributed by atoms with Crippen LogP contribution in [0.5, 0.6) is 0 Å². The Hall–Kier alpha value is -2.17. The summed E-state index contributed by atoms with van der Waals surface area (Å²) in [7, 11) is 0. The van der Waals surface area contributed by atoms with Crippen molar-refractivity contribution >= 4 is 5.91 Å². The highest BCUT2D eigenvalue weighted by Crippen LogP contribution is 2.49. The van der Waals surface area contributed by atoms with Crippen LogP contribution in [-0.4, -0.2) is 21.7 Å². The second kappa shape index (κ2) is 6.04. The third-order valence-electron chi connectivity index (χ3n) is 5.71. The van der Waals surface area contributed by atoms with E-state index in [0.29, 0.717) is 17.3 Å². The fraction of sp³-hybridized carbons (Fsp3) is 0.474. The summed E-state index contributed by atoms with van der Waals surface area (Å²) in [5, 5.41) is 7.33. The van der Waals surface area contributed by atoms with Crippen LogP contribution in [0.1, 0.15) is 43.1 Å². The normalized spacial score (nSPS) is 26.5. The molecule has 2 bridgehead atoms. The summed E-state index contributed by atoms with van der Waals surface area (Å²) in [5.74, 6) is 1.67. The molecule has 0 saturated heterocycles. The minimum atomic E-state index is -0.358. The number of rotatable bonds is 4. The van der Waals surface area contributed by atoms with Gasteiger partial charge >= 0.3 is 0 Å². The SMILES string of the molecule is C[C@H](NC(=O)c1ccn(-c2ccccc2F)n1)[C@@H]1C[C@H]2CC[C@H]1C2. The van der Waals surface area contributed by atoms with Gasteiger partial charge in [-0.3, -0.25) is 4.79 Å². The molecular weight excluding hydrogens is 305 g/mol. The molecule has 2 saturated carbocycles. The molecule has 4 nitrogen and oxygen atoms in total. The fourth-order valence-electron chi connectivity index (χ4n) is 4.51. The minimum Gasteiger partial charge on any atom is -0.348 e. The highest BCUT2D eigenvalue weighted by Gasteiger charge is 2.42. The van der Waals surface area contributed by atoms with Crippen LogP contribution in [0, 0.1) is 23.6 Å². The summed E-state index contributed by atoms with van der Waals surface area (Å²) in [5.41, 5.74) is 0.672. The average Bonchev–Trinajstić information content (AvgIpc) is 3.31. The van der Waals surface area contributed by atoms with Gasteiger partial charge in [-0.15, -0.1) is 0 Å². The quantitative estimate of drug-likeness (QED) is 0.933. The lowest BCUT2D eigenvalue weighted by atomic mass is 9.84. The number of carbonyl (C=O) groups excluding carboxylic acids is 1. The maximum atomic E-state index is 13.8. The predicted molar refractivity (Wildman–Crippen MR) is 89.4 cm³/mol. The van der Waals surface area contributed by atoms with Crippen molar-refractivity contribution in [1.29, 1.82) is 0 Å². The van der Waals surface area contributed by atoms with Gasteiger partial charge in [0.25, 0.3) is 5.91 Å². The maximum Gasteiger partial charge on any atom is 0.272 e. The van der Waals surface area contributed by atoms with Crippen LogP contribution in [0.2, 0.25) is 0 Å². The predicted octanol–water partition coefficient (Wildman–Crippen LogP) is 3.57. The van der Waals surface area contributed by atoms with Crippen LogP contribution >= 0.6 is 0 Å². The molecule has 2 aromatic rings. The Balaban J connectivity index is 1.45. The largest absolute Gasteiger partial charge is 0.348 e. The molecule has 24 heavy (non-hydrogen) atoms. The van der Waals surface area contributed by atoms with Crippen molar-refractivity contribution in [2.24, 2.45) is 17.8 Å². The number of carbonyl (C=O) groups is 1. The van der Waals surface area contributed by atoms with E-state index in [0.717, 1.165) is 11.8 Å². The molecule has 0 unspecified atom stereocenters. The minimum absolute atomic E-state index is 0.159. The highest BCUT2D eigenvalue weighted by atomic mass is 19.1. The second-order valence-corrected chi connectivity index (χ2v) is 7.20. The number of nitrogens with one attached hydrogen (secondary N) is 1. The number of hydrogen-bond donors (Lipinski definition) is 1. The van der Waals surface area contributed by atoms with Crippen LogP contribution < -0.4 is 5.32 Å². The van der Waals surface area contributed by atoms with Crippen molar-refractivity contribution < 1.29 is 9.18 Å². The summed E-state index contributed by atoms with van der Waals surface area (Å²) in [6.45, 7) is 2.09. The summed E-state index contributed by atoms with van der Waals surface area (Å²) in [4.78, 5) is 12.5. The lowest BCUT2D eigenvalue weighted by Gasteiger charge is -2.28. The summed E-state index contributed by atoms with van der Waals surface area (Å²) >= 11 is 0. The molecule has 2 fully saturated rings. The zero-order valence-electron chi connectivity index (χ0n) is 13.8. The van der Waals surface area contributed by atoms with E-state index in [-0.39, 0.29) is 17.8 Å². The smallest absolute Gasteiger partial charge is 0.272 e. The molecule has 1 N–H and O–H groups in total. The van der Waals surface area contributed by atoms with E-state index < -0.39 is 0 Å². The van der Waals surface area contributed by atoms with E-state index in [9.17, 15) is 9.18 Å². The lowest BCUT2D eigenvalue weighted by Crippen LogP contribution is -2.40. The zero-order chi connectivity index (χ0) is 16.7. The first-order valence-corrected chi connectivity index (χ1v) is 8.73. The van der Waals surface area contributed by atoms with Crippen LogP contribution in [0.15, 0.2) is 36.5 Å². The van der Waals surface area contributed by atoms with Gasteiger partial charge in [0.05, 0.1) is 0 Å². The molecule has 0 aliphatic heterocycles. The van der Waals surface area contributed by atoms with Gasteiger partial charge < -0.3 is 5.32 Å². The molecule has 1 aromatic heterocycles. The molecular formula is C19H22FN3O. The third-order valence-corrected chi connectivity index (χ3v) is 5.71. The van der Waals surface area contributed by atoms with Gasteiger partial charge in [-0.1, -0.05) is 18.6 Å². The number of aromatic nitrogens is 2. The molecule has 1 amide bonds.